The molecule has 1 aromatic heterocycles. The number of nitrogens with one attached hydrogen (secondary N) is 2. The normalized spacial score (nSPS) is 10.4. The highest BCUT2D eigenvalue weighted by atomic mass is 16.1. The van der Waals surface area contributed by atoms with Gasteiger partial charge >= 0.3 is 0 Å². The maximum atomic E-state index is 12.4. The molecule has 1 amide bonds. The number of aromatic nitrogens is 2. The van der Waals surface area contributed by atoms with Crippen molar-refractivity contribution in [3.8, 4) is 0 Å². The fourth-order valence-electron chi connectivity index (χ4n) is 2.84. The van der Waals surface area contributed by atoms with Crippen molar-refractivity contribution in [3.05, 3.63) is 71.9 Å². The Hall–Kier alpha value is -3.41. The van der Waals surface area contributed by atoms with Gasteiger partial charge in [0, 0.05) is 30.2 Å². The molecule has 0 saturated carbocycles. The third-order valence-electron chi connectivity index (χ3n) is 4.47. The Morgan fingerprint density at radius 1 is 0.857 bits per heavy atom. The molecule has 0 fully saturated rings. The summed E-state index contributed by atoms with van der Waals surface area (Å²) in [5.41, 5.74) is 4.24. The lowest BCUT2D eigenvalue weighted by Crippen LogP contribution is -2.21. The van der Waals surface area contributed by atoms with Crippen LogP contribution in [0, 0.1) is 6.92 Å². The molecule has 0 aliphatic heterocycles. The van der Waals surface area contributed by atoms with Crippen molar-refractivity contribution < 1.29 is 4.79 Å². The average Bonchev–Trinajstić information content (AvgIpc) is 2.72. The zero-order chi connectivity index (χ0) is 19.9. The van der Waals surface area contributed by atoms with Crippen LogP contribution >= 0.6 is 0 Å². The number of carbonyl (C=O) groups excluding carboxylic acids is 1. The van der Waals surface area contributed by atoms with E-state index in [2.05, 4.69) is 39.6 Å². The van der Waals surface area contributed by atoms with Gasteiger partial charge in [0.1, 0.15) is 0 Å². The summed E-state index contributed by atoms with van der Waals surface area (Å²) in [4.78, 5) is 14.7. The third kappa shape index (κ3) is 4.85. The summed E-state index contributed by atoms with van der Waals surface area (Å²) < 4.78 is 0. The number of benzene rings is 2. The average molecular weight is 375 g/mol. The number of hydrogen-bond donors (Lipinski definition) is 2. The topological polar surface area (TPSA) is 70.2 Å². The summed E-state index contributed by atoms with van der Waals surface area (Å²) in [7, 11) is 0. The lowest BCUT2D eigenvalue weighted by Gasteiger charge is -2.21. The van der Waals surface area contributed by atoms with E-state index in [1.165, 1.54) is 5.56 Å². The predicted octanol–water partition coefficient (Wildman–Crippen LogP) is 4.63. The Morgan fingerprint density at radius 2 is 1.50 bits per heavy atom. The Kier molecular flexibility index (Phi) is 6.22. The van der Waals surface area contributed by atoms with E-state index in [1.54, 1.807) is 12.1 Å². The molecule has 0 unspecified atom stereocenters. The number of rotatable bonds is 7. The van der Waals surface area contributed by atoms with E-state index in [-0.39, 0.29) is 11.6 Å². The molecule has 0 atom stereocenters. The Morgan fingerprint density at radius 3 is 2.07 bits per heavy atom. The van der Waals surface area contributed by atoms with Crippen LogP contribution in [-0.2, 0) is 0 Å². The van der Waals surface area contributed by atoms with Crippen LogP contribution in [-0.4, -0.2) is 29.2 Å². The van der Waals surface area contributed by atoms with Crippen LogP contribution in [0.4, 0.5) is 22.9 Å². The maximum absolute atomic E-state index is 12.4. The van der Waals surface area contributed by atoms with Gasteiger partial charge in [-0.1, -0.05) is 17.7 Å². The molecule has 0 saturated heterocycles. The van der Waals surface area contributed by atoms with E-state index in [9.17, 15) is 4.79 Å². The monoisotopic (exact) mass is 375 g/mol. The van der Waals surface area contributed by atoms with Crippen molar-refractivity contribution in [1.29, 1.82) is 0 Å². The molecule has 2 aromatic carbocycles. The van der Waals surface area contributed by atoms with Gasteiger partial charge in [-0.05, 0) is 69.3 Å². The Balaban J connectivity index is 1.62. The molecule has 0 radical (unpaired) electrons. The van der Waals surface area contributed by atoms with E-state index in [0.29, 0.717) is 5.82 Å². The first-order valence-electron chi connectivity index (χ1n) is 9.43. The largest absolute Gasteiger partial charge is 0.372 e. The smallest absolute Gasteiger partial charge is 0.276 e. The first kappa shape index (κ1) is 19.4. The lowest BCUT2D eigenvalue weighted by atomic mass is 10.2. The van der Waals surface area contributed by atoms with Crippen molar-refractivity contribution in [2.75, 3.05) is 28.6 Å². The molecule has 6 nitrogen and oxygen atoms in total. The number of hydrogen-bond acceptors (Lipinski definition) is 5. The fraction of sp³-hybridized carbons (Fsp3) is 0.227. The van der Waals surface area contributed by atoms with Crippen molar-refractivity contribution in [3.63, 3.8) is 0 Å². The second-order valence-electron chi connectivity index (χ2n) is 6.47. The van der Waals surface area contributed by atoms with E-state index < -0.39 is 0 Å². The number of nitrogens with zero attached hydrogens (tertiary/aromatic N) is 3. The molecule has 6 heteroatoms. The molecule has 0 spiro atoms. The van der Waals surface area contributed by atoms with Crippen molar-refractivity contribution in [1.82, 2.24) is 10.2 Å². The Labute approximate surface area is 165 Å². The van der Waals surface area contributed by atoms with E-state index in [0.717, 1.165) is 30.2 Å². The summed E-state index contributed by atoms with van der Waals surface area (Å²) in [6.07, 6.45) is 0. The van der Waals surface area contributed by atoms with Gasteiger partial charge in [0.25, 0.3) is 5.91 Å². The molecule has 0 aliphatic rings. The van der Waals surface area contributed by atoms with Crippen LogP contribution in [0.25, 0.3) is 0 Å². The SMILES string of the molecule is CCN(CC)c1ccc(NC(=O)c2ccc(Nc3ccc(C)cc3)nn2)cc1. The summed E-state index contributed by atoms with van der Waals surface area (Å²) in [6, 6.07) is 19.2. The molecule has 28 heavy (non-hydrogen) atoms. The van der Waals surface area contributed by atoms with Crippen molar-refractivity contribution >= 4 is 28.8 Å². The maximum Gasteiger partial charge on any atom is 0.276 e. The second kappa shape index (κ2) is 8.99. The standard InChI is InChI=1S/C22H25N5O/c1-4-27(5-2)19-12-10-18(11-13-19)24-22(28)20-14-15-21(26-25-20)23-17-8-6-16(3)7-9-17/h6-15H,4-5H2,1-3H3,(H,23,26)(H,24,28). The first-order valence-corrected chi connectivity index (χ1v) is 9.43. The third-order valence-corrected chi connectivity index (χ3v) is 4.47. The number of amides is 1. The number of anilines is 4. The number of aryl methyl sites for hydroxylation is 1. The van der Waals surface area contributed by atoms with Crippen LogP contribution in [0.3, 0.4) is 0 Å². The molecule has 3 aromatic rings. The van der Waals surface area contributed by atoms with E-state index >= 15 is 0 Å². The minimum absolute atomic E-state index is 0.266. The molecule has 3 rings (SSSR count). The summed E-state index contributed by atoms with van der Waals surface area (Å²) in [6.45, 7) is 8.17. The van der Waals surface area contributed by atoms with Gasteiger partial charge in [-0.3, -0.25) is 4.79 Å². The zero-order valence-electron chi connectivity index (χ0n) is 16.4. The summed E-state index contributed by atoms with van der Waals surface area (Å²) in [5.74, 6) is 0.300. The van der Waals surface area contributed by atoms with Gasteiger partial charge in [0.05, 0.1) is 0 Å². The van der Waals surface area contributed by atoms with Crippen molar-refractivity contribution in [2.45, 2.75) is 20.8 Å². The van der Waals surface area contributed by atoms with Crippen LogP contribution < -0.4 is 15.5 Å². The second-order valence-corrected chi connectivity index (χ2v) is 6.47. The van der Waals surface area contributed by atoms with Crippen LogP contribution in [0.1, 0.15) is 29.9 Å². The molecule has 2 N–H and O–H groups in total. The Bertz CT molecular complexity index is 901. The van der Waals surface area contributed by atoms with Crippen LogP contribution in [0.5, 0.6) is 0 Å². The van der Waals surface area contributed by atoms with Gasteiger partial charge in [0.15, 0.2) is 11.5 Å². The first-order chi connectivity index (χ1) is 13.6. The predicted molar refractivity (Wildman–Crippen MR) is 114 cm³/mol. The minimum Gasteiger partial charge on any atom is -0.372 e. The quantitative estimate of drug-likeness (QED) is 0.630. The highest BCUT2D eigenvalue weighted by molar-refractivity contribution is 6.02. The lowest BCUT2D eigenvalue weighted by molar-refractivity contribution is 0.102. The molecule has 1 heterocycles. The van der Waals surface area contributed by atoms with Gasteiger partial charge in [-0.2, -0.15) is 0 Å². The van der Waals surface area contributed by atoms with Crippen LogP contribution in [0.2, 0.25) is 0 Å². The number of carbonyl (C=O) groups is 1. The van der Waals surface area contributed by atoms with E-state index in [4.69, 9.17) is 0 Å². The molecular weight excluding hydrogens is 350 g/mol. The molecular formula is C22H25N5O. The zero-order valence-corrected chi connectivity index (χ0v) is 16.4. The molecule has 144 valence electrons. The van der Waals surface area contributed by atoms with E-state index in [1.807, 2.05) is 55.5 Å². The fourth-order valence-corrected chi connectivity index (χ4v) is 2.84. The summed E-state index contributed by atoms with van der Waals surface area (Å²) >= 11 is 0. The minimum atomic E-state index is -0.287. The van der Waals surface area contributed by atoms with Gasteiger partial charge in [0.2, 0.25) is 0 Å². The van der Waals surface area contributed by atoms with Gasteiger partial charge < -0.3 is 15.5 Å². The highest BCUT2D eigenvalue weighted by Gasteiger charge is 2.09. The summed E-state index contributed by atoms with van der Waals surface area (Å²) in [5, 5.41) is 14.1. The van der Waals surface area contributed by atoms with Crippen molar-refractivity contribution in [2.24, 2.45) is 0 Å². The molecule has 0 bridgehead atoms. The van der Waals surface area contributed by atoms with Gasteiger partial charge in [-0.15, -0.1) is 10.2 Å². The highest BCUT2D eigenvalue weighted by Crippen LogP contribution is 2.18. The van der Waals surface area contributed by atoms with Gasteiger partial charge in [-0.25, -0.2) is 0 Å². The van der Waals surface area contributed by atoms with Crippen LogP contribution in [0.15, 0.2) is 60.7 Å². The molecule has 0 aliphatic carbocycles.